The highest BCUT2D eigenvalue weighted by molar-refractivity contribution is 5.94. The number of nitrogens with two attached hydrogens (primary N) is 1. The zero-order valence-electron chi connectivity index (χ0n) is 17.7. The Bertz CT molecular complexity index is 1170. The van der Waals surface area contributed by atoms with Crippen LogP contribution in [0.2, 0.25) is 0 Å². The van der Waals surface area contributed by atoms with Crippen molar-refractivity contribution in [3.63, 3.8) is 0 Å². The fourth-order valence-electron chi connectivity index (χ4n) is 3.43. The summed E-state index contributed by atoms with van der Waals surface area (Å²) in [4.78, 5) is 15.1. The van der Waals surface area contributed by atoms with Gasteiger partial charge in [-0.25, -0.2) is 0 Å². The summed E-state index contributed by atoms with van der Waals surface area (Å²) in [5.74, 6) is 0.456. The minimum Gasteiger partial charge on any atom is -0.489 e. The quantitative estimate of drug-likeness (QED) is 0.381. The molecule has 0 saturated heterocycles. The second-order valence-corrected chi connectivity index (χ2v) is 7.12. The van der Waals surface area contributed by atoms with Gasteiger partial charge in [0.25, 0.3) is 0 Å². The molecule has 0 unspecified atom stereocenters. The molecule has 0 atom stereocenters. The van der Waals surface area contributed by atoms with E-state index in [1.807, 2.05) is 50.3 Å². The number of para-hydroxylation sites is 1. The van der Waals surface area contributed by atoms with Crippen LogP contribution in [0.5, 0.6) is 5.75 Å². The number of hydrogen-bond donors (Lipinski definition) is 2. The van der Waals surface area contributed by atoms with E-state index in [0.717, 1.165) is 33.4 Å². The van der Waals surface area contributed by atoms with Crippen LogP contribution in [0.15, 0.2) is 69.7 Å². The van der Waals surface area contributed by atoms with Gasteiger partial charge in [0.1, 0.15) is 23.7 Å². The molecule has 0 saturated carbocycles. The Hall–Kier alpha value is -3.64. The van der Waals surface area contributed by atoms with Gasteiger partial charge in [-0.15, -0.1) is 0 Å². The van der Waals surface area contributed by atoms with E-state index < -0.39 is 5.97 Å². The van der Waals surface area contributed by atoms with Crippen LogP contribution in [0.3, 0.4) is 0 Å². The van der Waals surface area contributed by atoms with Gasteiger partial charge in [0.05, 0.1) is 12.1 Å². The molecule has 2 aromatic carbocycles. The van der Waals surface area contributed by atoms with E-state index in [2.05, 4.69) is 11.7 Å². The Balaban J connectivity index is 1.99. The summed E-state index contributed by atoms with van der Waals surface area (Å²) in [6, 6.07) is 13.1. The summed E-state index contributed by atoms with van der Waals surface area (Å²) >= 11 is 0. The summed E-state index contributed by atoms with van der Waals surface area (Å²) in [6.45, 7) is 8.00. The highest BCUT2D eigenvalue weighted by Crippen LogP contribution is 2.31. The van der Waals surface area contributed by atoms with Crippen LogP contribution < -0.4 is 10.5 Å². The standard InChI is InChI=1S/C25H26N2O4/c1-4-18(12-20(14-26)27-3)21-10-17(11-24-22(21)9-16(2)31-24)15-30-23-8-6-5-7-19(23)13-25(28)29/h4-12H,3,13-15,26H2,1-2H3,(H,28,29)/b18-4+,20-12-. The summed E-state index contributed by atoms with van der Waals surface area (Å²) in [5.41, 5.74) is 10.7. The SMILES string of the molecule is C=N/C(=C\C(=C/C)c1cc(COc2ccccc2CC(=O)O)cc2oc(C)cc12)CN. The number of aliphatic imine (C=N–C) groups is 1. The summed E-state index contributed by atoms with van der Waals surface area (Å²) in [5, 5.41) is 10.1. The Morgan fingerprint density at radius 1 is 1.29 bits per heavy atom. The molecule has 0 aliphatic heterocycles. The lowest BCUT2D eigenvalue weighted by molar-refractivity contribution is -0.136. The maximum Gasteiger partial charge on any atom is 0.307 e. The normalized spacial score (nSPS) is 12.2. The summed E-state index contributed by atoms with van der Waals surface area (Å²) < 4.78 is 11.9. The maximum atomic E-state index is 11.1. The van der Waals surface area contributed by atoms with E-state index in [4.69, 9.17) is 20.0 Å². The second-order valence-electron chi connectivity index (χ2n) is 7.12. The molecule has 0 aliphatic rings. The smallest absolute Gasteiger partial charge is 0.307 e. The van der Waals surface area contributed by atoms with Crippen LogP contribution in [0.1, 0.15) is 29.4 Å². The van der Waals surface area contributed by atoms with Crippen LogP contribution >= 0.6 is 0 Å². The number of benzene rings is 2. The van der Waals surface area contributed by atoms with Crippen molar-refractivity contribution in [3.8, 4) is 5.75 Å². The van der Waals surface area contributed by atoms with Crippen molar-refractivity contribution in [2.75, 3.05) is 6.54 Å². The molecular formula is C25H26N2O4. The van der Waals surface area contributed by atoms with Crippen molar-refractivity contribution in [2.24, 2.45) is 10.7 Å². The molecule has 3 N–H and O–H groups in total. The van der Waals surface area contributed by atoms with E-state index in [-0.39, 0.29) is 19.6 Å². The zero-order valence-corrected chi connectivity index (χ0v) is 17.7. The molecule has 1 aromatic heterocycles. The second kappa shape index (κ2) is 9.91. The third-order valence-corrected chi connectivity index (χ3v) is 4.89. The monoisotopic (exact) mass is 418 g/mol. The average Bonchev–Trinajstić information content (AvgIpc) is 3.13. The van der Waals surface area contributed by atoms with E-state index in [9.17, 15) is 4.79 Å². The largest absolute Gasteiger partial charge is 0.489 e. The molecule has 6 nitrogen and oxygen atoms in total. The number of carbonyl (C=O) groups is 1. The first-order valence-corrected chi connectivity index (χ1v) is 9.94. The van der Waals surface area contributed by atoms with Gasteiger partial charge in [-0.1, -0.05) is 24.3 Å². The number of rotatable bonds is 9. The van der Waals surface area contributed by atoms with Crippen molar-refractivity contribution in [1.29, 1.82) is 0 Å². The van der Waals surface area contributed by atoms with E-state index >= 15 is 0 Å². The topological polar surface area (TPSA) is 98.0 Å². The molecule has 0 amide bonds. The van der Waals surface area contributed by atoms with Gasteiger partial charge >= 0.3 is 5.97 Å². The Labute approximate surface area is 181 Å². The van der Waals surface area contributed by atoms with Gasteiger partial charge in [-0.3, -0.25) is 9.79 Å². The third kappa shape index (κ3) is 5.29. The van der Waals surface area contributed by atoms with Crippen molar-refractivity contribution >= 4 is 29.2 Å². The Kier molecular flexibility index (Phi) is 7.05. The molecular weight excluding hydrogens is 392 g/mol. The van der Waals surface area contributed by atoms with Gasteiger partial charge in [-0.05, 0) is 67.6 Å². The summed E-state index contributed by atoms with van der Waals surface area (Å²) in [6.07, 6.45) is 3.81. The lowest BCUT2D eigenvalue weighted by Crippen LogP contribution is -2.04. The number of aryl methyl sites for hydroxylation is 1. The molecule has 3 aromatic rings. The van der Waals surface area contributed by atoms with Gasteiger partial charge in [0.2, 0.25) is 0 Å². The van der Waals surface area contributed by atoms with Gasteiger partial charge in [0, 0.05) is 17.5 Å². The van der Waals surface area contributed by atoms with Crippen LogP contribution in [0.25, 0.3) is 16.5 Å². The highest BCUT2D eigenvalue weighted by Gasteiger charge is 2.13. The molecule has 0 fully saturated rings. The fourth-order valence-corrected chi connectivity index (χ4v) is 3.43. The minimum atomic E-state index is -0.901. The van der Waals surface area contributed by atoms with Crippen LogP contribution in [-0.2, 0) is 17.8 Å². The maximum absolute atomic E-state index is 11.1. The number of nitrogens with zero attached hydrogens (tertiary/aromatic N) is 1. The molecule has 0 spiro atoms. The fraction of sp³-hybridized carbons (Fsp3) is 0.200. The Morgan fingerprint density at radius 2 is 2.06 bits per heavy atom. The molecule has 31 heavy (non-hydrogen) atoms. The molecule has 0 bridgehead atoms. The molecule has 160 valence electrons. The predicted molar refractivity (Wildman–Crippen MR) is 123 cm³/mol. The molecule has 0 radical (unpaired) electrons. The molecule has 3 rings (SSSR count). The lowest BCUT2D eigenvalue weighted by Gasteiger charge is -2.12. The highest BCUT2D eigenvalue weighted by atomic mass is 16.5. The van der Waals surface area contributed by atoms with E-state index in [1.165, 1.54) is 0 Å². The number of aliphatic carboxylic acids is 1. The van der Waals surface area contributed by atoms with Gasteiger partial charge < -0.3 is 20.0 Å². The Morgan fingerprint density at radius 3 is 2.74 bits per heavy atom. The first kappa shape index (κ1) is 22.1. The average molecular weight is 418 g/mol. The molecule has 1 heterocycles. The van der Waals surface area contributed by atoms with Crippen LogP contribution in [0.4, 0.5) is 0 Å². The molecule has 6 heteroatoms. The van der Waals surface area contributed by atoms with Crippen LogP contribution in [0, 0.1) is 6.92 Å². The van der Waals surface area contributed by atoms with E-state index in [0.29, 0.717) is 17.0 Å². The zero-order chi connectivity index (χ0) is 22.4. The van der Waals surface area contributed by atoms with Crippen molar-refractivity contribution < 1.29 is 19.1 Å². The number of carboxylic acids is 1. The number of allylic oxidation sites excluding steroid dienone is 3. The number of fused-ring (bicyclic) bond motifs is 1. The number of carboxylic acid groups (broad SMARTS) is 1. The third-order valence-electron chi connectivity index (χ3n) is 4.89. The van der Waals surface area contributed by atoms with Crippen molar-refractivity contribution in [3.05, 3.63) is 82.8 Å². The number of ether oxygens (including phenoxy) is 1. The lowest BCUT2D eigenvalue weighted by atomic mass is 9.98. The minimum absolute atomic E-state index is 0.0955. The van der Waals surface area contributed by atoms with Crippen molar-refractivity contribution in [1.82, 2.24) is 0 Å². The molecule has 0 aliphatic carbocycles. The summed E-state index contributed by atoms with van der Waals surface area (Å²) in [7, 11) is 0. The van der Waals surface area contributed by atoms with Gasteiger partial charge in [-0.2, -0.15) is 0 Å². The number of furan rings is 1. The van der Waals surface area contributed by atoms with Crippen molar-refractivity contribution in [2.45, 2.75) is 26.9 Å². The number of hydrogen-bond acceptors (Lipinski definition) is 5. The first-order valence-electron chi connectivity index (χ1n) is 9.94. The van der Waals surface area contributed by atoms with E-state index in [1.54, 1.807) is 18.2 Å². The predicted octanol–water partition coefficient (Wildman–Crippen LogP) is 4.89. The van der Waals surface area contributed by atoms with Gasteiger partial charge in [0.15, 0.2) is 0 Å². The first-order chi connectivity index (χ1) is 14.9. The van der Waals surface area contributed by atoms with Crippen LogP contribution in [-0.4, -0.2) is 24.3 Å².